The van der Waals surface area contributed by atoms with Gasteiger partial charge in [0.05, 0.1) is 13.2 Å². The summed E-state index contributed by atoms with van der Waals surface area (Å²) in [5.41, 5.74) is -5.61. The van der Waals surface area contributed by atoms with Crippen LogP contribution in [0.25, 0.3) is 0 Å². The smallest absolute Gasteiger partial charge is 0.793 e. The number of hydrogen-bond donors (Lipinski definition) is 0. The van der Waals surface area contributed by atoms with E-state index in [2.05, 4.69) is 27.7 Å². The zero-order valence-corrected chi connectivity index (χ0v) is 33.9. The average Bonchev–Trinajstić information content (AvgIpc) is 2.88. The van der Waals surface area contributed by atoms with Crippen molar-refractivity contribution >= 4 is 57.8 Å². The molecule has 2 unspecified atom stereocenters. The summed E-state index contributed by atoms with van der Waals surface area (Å²) in [7, 11) is 0. The molecule has 0 N–H and O–H groups in total. The molecule has 0 radical (unpaired) electrons. The molecule has 0 heterocycles. The molecule has 0 aliphatic carbocycles. The quantitative estimate of drug-likeness (QED) is 0.0451. The van der Waals surface area contributed by atoms with Crippen LogP contribution in [0.5, 0.6) is 0 Å². The van der Waals surface area contributed by atoms with E-state index in [1.807, 2.05) is 0 Å². The zero-order chi connectivity index (χ0) is 28.8. The molecule has 0 rings (SSSR count). The van der Waals surface area contributed by atoms with Crippen molar-refractivity contribution in [2.24, 2.45) is 0 Å². The van der Waals surface area contributed by atoms with Gasteiger partial charge in [0.15, 0.2) is 0 Å². The van der Waals surface area contributed by atoms with Gasteiger partial charge in [0, 0.05) is 11.4 Å². The van der Waals surface area contributed by atoms with Gasteiger partial charge in [0.2, 0.25) is 0 Å². The topological polar surface area (TPSA) is 64.6 Å². The van der Waals surface area contributed by atoms with E-state index in [1.165, 1.54) is 113 Å². The molecule has 0 fully saturated rings. The Bertz CT molecular complexity index is 490. The van der Waals surface area contributed by atoms with E-state index in [1.54, 1.807) is 0 Å². The average molecular weight is 716 g/mol. The second-order valence-electron chi connectivity index (χ2n) is 9.88. The van der Waals surface area contributed by atoms with E-state index < -0.39 is 11.4 Å². The van der Waals surface area contributed by atoms with E-state index in [4.69, 9.17) is 32.7 Å². The summed E-state index contributed by atoms with van der Waals surface area (Å²) in [6.07, 6.45) is 24.1. The molecule has 0 saturated heterocycles. The van der Waals surface area contributed by atoms with Gasteiger partial charge in [-0.25, -0.2) is 0 Å². The summed E-state index contributed by atoms with van der Waals surface area (Å²) >= 11 is 12.8. The van der Waals surface area contributed by atoms with Gasteiger partial charge in [0.1, 0.15) is 0 Å². The van der Waals surface area contributed by atoms with Crippen molar-refractivity contribution in [1.82, 2.24) is 0 Å². The monoisotopic (exact) mass is 714 g/mol. The molecule has 4 nitrogen and oxygen atoms in total. The molecule has 0 saturated carbocycles. The molecule has 0 aromatic heterocycles. The number of rotatable bonds is 28. The van der Waals surface area contributed by atoms with E-state index >= 15 is 0 Å². The predicted octanol–water partition coefficient (Wildman–Crippen LogP) is 10.5. The van der Waals surface area contributed by atoms with Crippen molar-refractivity contribution in [2.45, 2.75) is 156 Å². The summed E-state index contributed by atoms with van der Waals surface area (Å²) in [6.45, 7) is 9.94. The fraction of sp³-hybridized carbons (Fsp3) is 1.00. The van der Waals surface area contributed by atoms with E-state index in [0.29, 0.717) is 13.2 Å². The second-order valence-corrected chi connectivity index (χ2v) is 22.2. The summed E-state index contributed by atoms with van der Waals surface area (Å²) in [5.74, 6) is 1.75. The van der Waals surface area contributed by atoms with Crippen molar-refractivity contribution in [3.05, 3.63) is 0 Å². The molecule has 0 aromatic rings. The maximum atomic E-state index is 11.9. The molecular weight excluding hydrogens is 656 g/mol. The largest absolute Gasteiger partial charge is 2.00 e. The van der Waals surface area contributed by atoms with Crippen LogP contribution in [0.1, 0.15) is 156 Å². The van der Waals surface area contributed by atoms with E-state index in [-0.39, 0.29) is 19.5 Å². The van der Waals surface area contributed by atoms with Crippen molar-refractivity contribution in [1.29, 1.82) is 0 Å². The van der Waals surface area contributed by atoms with Crippen LogP contribution in [0.15, 0.2) is 0 Å². The minimum absolute atomic E-state index is 0. The van der Waals surface area contributed by atoms with Crippen LogP contribution in [0.2, 0.25) is 0 Å². The van der Waals surface area contributed by atoms with Crippen LogP contribution < -0.4 is 9.79 Å². The third kappa shape index (κ3) is 40.5. The van der Waals surface area contributed by atoms with Crippen molar-refractivity contribution < 1.29 is 38.3 Å². The van der Waals surface area contributed by atoms with Gasteiger partial charge in [-0.2, -0.15) is 0 Å². The van der Waals surface area contributed by atoms with Crippen LogP contribution in [-0.2, 0) is 52.1 Å². The first kappa shape index (κ1) is 45.9. The fourth-order valence-electron chi connectivity index (χ4n) is 3.60. The van der Waals surface area contributed by atoms with Gasteiger partial charge < -0.3 is 18.8 Å². The van der Waals surface area contributed by atoms with E-state index in [0.717, 1.165) is 50.0 Å². The van der Waals surface area contributed by atoms with Crippen molar-refractivity contribution in [3.63, 3.8) is 0 Å². The van der Waals surface area contributed by atoms with Crippen LogP contribution in [0.4, 0.5) is 0 Å². The zero-order valence-electron chi connectivity index (χ0n) is 25.8. The first-order valence-corrected chi connectivity index (χ1v) is 23.9. The second kappa shape index (κ2) is 34.9. The van der Waals surface area contributed by atoms with Gasteiger partial charge >= 0.3 is 19.5 Å². The van der Waals surface area contributed by atoms with Crippen LogP contribution in [-0.4, -0.2) is 24.7 Å². The third-order valence-corrected chi connectivity index (χ3v) is 14.7. The molecule has 39 heavy (non-hydrogen) atoms. The molecule has 0 aliphatic rings. The predicted molar refractivity (Wildman–Crippen MR) is 180 cm³/mol. The van der Waals surface area contributed by atoms with Crippen LogP contribution in [0, 0.1) is 0 Å². The van der Waals surface area contributed by atoms with Crippen LogP contribution in [0.3, 0.4) is 0 Å². The summed E-state index contributed by atoms with van der Waals surface area (Å²) in [5, 5.41) is 0. The number of hydrogen-bond acceptors (Lipinski definition) is 8. The van der Waals surface area contributed by atoms with Crippen molar-refractivity contribution in [3.8, 4) is 0 Å². The minimum Gasteiger partial charge on any atom is -0.793 e. The van der Waals surface area contributed by atoms with Gasteiger partial charge in [-0.05, 0) is 37.2 Å². The summed E-state index contributed by atoms with van der Waals surface area (Å²) in [6, 6.07) is 0. The van der Waals surface area contributed by atoms with Crippen LogP contribution >= 0.6 is 34.2 Å². The van der Waals surface area contributed by atoms with Gasteiger partial charge in [-0.3, -0.25) is 0 Å². The third-order valence-electron chi connectivity index (χ3n) is 5.99. The Kier molecular flexibility index (Phi) is 41.1. The molecule has 232 valence electrons. The number of unbranched alkanes of at least 4 members (excludes halogenated alkanes) is 16. The Balaban J connectivity index is -0.000000648. The Morgan fingerprint density at radius 2 is 0.718 bits per heavy atom. The molecule has 0 spiro atoms. The first-order valence-electron chi connectivity index (χ1n) is 15.4. The Morgan fingerprint density at radius 1 is 0.462 bits per heavy atom. The maximum Gasteiger partial charge on any atom is 2.00 e. The van der Waals surface area contributed by atoms with Gasteiger partial charge in [-0.1, -0.05) is 154 Å². The standard InChI is InChI=1S/2C14H31O2PS2.Zn/c2*1-3-5-7-9-11-13-16-17(15,18)19-14-12-10-8-6-4-2;/h2*3-14H2,1-2H3,(H,15,18);/q;;+2/p-2. The van der Waals surface area contributed by atoms with Gasteiger partial charge in [0.25, 0.3) is 0 Å². The SMILES string of the molecule is CCCCCCCOP([O-])(=S)SCCCCCCC.CCCCCCCOP([O-])(=S)SCCCCCCC.[Zn+2]. The fourth-order valence-corrected chi connectivity index (χ4v) is 10.4. The summed E-state index contributed by atoms with van der Waals surface area (Å²) < 4.78 is 10.7. The summed E-state index contributed by atoms with van der Waals surface area (Å²) in [4.78, 5) is 23.9. The Hall–Kier alpha value is 2.46. The van der Waals surface area contributed by atoms with Crippen molar-refractivity contribution in [2.75, 3.05) is 24.7 Å². The molecular formula is C28H60O4P2S4Zn. The Morgan fingerprint density at radius 3 is 1.00 bits per heavy atom. The molecule has 0 bridgehead atoms. The normalized spacial score (nSPS) is 14.1. The maximum absolute atomic E-state index is 11.9. The molecule has 0 aromatic carbocycles. The molecule has 0 aliphatic heterocycles. The van der Waals surface area contributed by atoms with Gasteiger partial charge in [-0.15, -0.1) is 22.8 Å². The first-order chi connectivity index (χ1) is 18.2. The molecule has 2 atom stereocenters. The Labute approximate surface area is 275 Å². The van der Waals surface area contributed by atoms with E-state index in [9.17, 15) is 9.79 Å². The molecule has 0 amide bonds. The molecule has 11 heteroatoms. The minimum atomic E-state index is -2.80.